The van der Waals surface area contributed by atoms with Crippen LogP contribution in [-0.4, -0.2) is 67.2 Å². The molecule has 0 amide bonds. The van der Waals surface area contributed by atoms with Gasteiger partial charge < -0.3 is 19.7 Å². The molecule has 1 atom stereocenters. The highest BCUT2D eigenvalue weighted by molar-refractivity contribution is 14.0. The number of aryl methyl sites for hydroxylation is 1. The summed E-state index contributed by atoms with van der Waals surface area (Å²) in [4.78, 5) is 6.54. The molecule has 1 unspecified atom stereocenters. The maximum Gasteiger partial charge on any atom is 0.194 e. The molecule has 8 heteroatoms. The van der Waals surface area contributed by atoms with Crippen LogP contribution in [0.25, 0.3) is 0 Å². The van der Waals surface area contributed by atoms with E-state index in [4.69, 9.17) is 9.47 Å². The number of rotatable bonds is 4. The van der Waals surface area contributed by atoms with Crippen LogP contribution in [0.3, 0.4) is 0 Å². The third kappa shape index (κ3) is 5.11. The average molecular weight is 409 g/mol. The third-order valence-electron chi connectivity index (χ3n) is 3.35. The van der Waals surface area contributed by atoms with E-state index in [2.05, 4.69) is 20.3 Å². The molecule has 120 valence electrons. The topological polar surface area (TPSA) is 63.9 Å². The Balaban J connectivity index is 0.00000220. The van der Waals surface area contributed by atoms with Gasteiger partial charge in [0.2, 0.25) is 0 Å². The van der Waals surface area contributed by atoms with E-state index in [1.807, 2.05) is 17.8 Å². The molecular formula is C13H24IN5O2. The van der Waals surface area contributed by atoms with Crippen molar-refractivity contribution < 1.29 is 9.47 Å². The molecule has 0 aliphatic carbocycles. The molecule has 0 spiro atoms. The minimum Gasteiger partial charge on any atom is -0.382 e. The van der Waals surface area contributed by atoms with E-state index in [1.165, 1.54) is 0 Å². The van der Waals surface area contributed by atoms with Gasteiger partial charge in [-0.3, -0.25) is 9.67 Å². The first kappa shape index (κ1) is 18.2. The van der Waals surface area contributed by atoms with E-state index in [9.17, 15) is 0 Å². The normalized spacial score (nSPS) is 19.3. The number of ether oxygens (including phenoxy) is 2. The van der Waals surface area contributed by atoms with Gasteiger partial charge in [-0.15, -0.1) is 24.0 Å². The summed E-state index contributed by atoms with van der Waals surface area (Å²) in [5.41, 5.74) is 1.12. The van der Waals surface area contributed by atoms with Crippen LogP contribution in [-0.2, 0) is 23.1 Å². The van der Waals surface area contributed by atoms with Gasteiger partial charge in [0.25, 0.3) is 0 Å². The molecule has 0 radical (unpaired) electrons. The molecule has 21 heavy (non-hydrogen) atoms. The van der Waals surface area contributed by atoms with Gasteiger partial charge in [0.15, 0.2) is 5.96 Å². The zero-order chi connectivity index (χ0) is 14.4. The summed E-state index contributed by atoms with van der Waals surface area (Å²) in [5, 5.41) is 7.52. The maximum absolute atomic E-state index is 5.65. The highest BCUT2D eigenvalue weighted by Crippen LogP contribution is 2.06. The maximum atomic E-state index is 5.65. The number of halogens is 1. The van der Waals surface area contributed by atoms with Gasteiger partial charge in [-0.25, -0.2) is 0 Å². The van der Waals surface area contributed by atoms with Crippen molar-refractivity contribution in [2.24, 2.45) is 12.0 Å². The standard InChI is InChI=1S/C13H23N5O2.HI/c1-14-13(15-8-11-4-5-16-17(11)2)18-6-7-20-12(9-18)10-19-3;/h4-5,12H,6-10H2,1-3H3,(H,14,15);1H. The van der Waals surface area contributed by atoms with Crippen LogP contribution in [0.4, 0.5) is 0 Å². The number of aromatic nitrogens is 2. The van der Waals surface area contributed by atoms with Crippen LogP contribution in [0.5, 0.6) is 0 Å². The molecule has 1 aromatic heterocycles. The van der Waals surface area contributed by atoms with Crippen LogP contribution in [0.15, 0.2) is 17.3 Å². The predicted molar refractivity (Wildman–Crippen MR) is 92.0 cm³/mol. The Kier molecular flexibility index (Phi) is 7.97. The Morgan fingerprint density at radius 1 is 1.62 bits per heavy atom. The van der Waals surface area contributed by atoms with Crippen molar-refractivity contribution in [1.82, 2.24) is 20.0 Å². The smallest absolute Gasteiger partial charge is 0.194 e. The molecule has 0 bridgehead atoms. The Morgan fingerprint density at radius 3 is 3.05 bits per heavy atom. The summed E-state index contributed by atoms with van der Waals surface area (Å²) in [6, 6.07) is 1.99. The van der Waals surface area contributed by atoms with Crippen molar-refractivity contribution in [2.75, 3.05) is 40.5 Å². The van der Waals surface area contributed by atoms with Gasteiger partial charge in [-0.1, -0.05) is 0 Å². The van der Waals surface area contributed by atoms with Gasteiger partial charge in [-0.2, -0.15) is 5.10 Å². The summed E-state index contributed by atoms with van der Waals surface area (Å²) in [5.74, 6) is 0.885. The highest BCUT2D eigenvalue weighted by Gasteiger charge is 2.22. The van der Waals surface area contributed by atoms with Gasteiger partial charge in [0, 0.05) is 40.5 Å². The third-order valence-corrected chi connectivity index (χ3v) is 3.35. The fraction of sp³-hybridized carbons (Fsp3) is 0.692. The molecule has 2 heterocycles. The quantitative estimate of drug-likeness (QED) is 0.445. The van der Waals surface area contributed by atoms with E-state index in [0.29, 0.717) is 19.8 Å². The number of aliphatic imine (C=N–C) groups is 1. The fourth-order valence-corrected chi connectivity index (χ4v) is 2.28. The SMILES string of the molecule is CN=C(NCc1ccnn1C)N1CCOC(COC)C1.I. The number of morpholine rings is 1. The van der Waals surface area contributed by atoms with Crippen molar-refractivity contribution >= 4 is 29.9 Å². The van der Waals surface area contributed by atoms with Gasteiger partial charge in [-0.05, 0) is 6.07 Å². The van der Waals surface area contributed by atoms with Crippen LogP contribution >= 0.6 is 24.0 Å². The van der Waals surface area contributed by atoms with Crippen molar-refractivity contribution in [3.05, 3.63) is 18.0 Å². The minimum absolute atomic E-state index is 0. The molecule has 2 rings (SSSR count). The number of nitrogens with one attached hydrogen (secondary N) is 1. The first-order chi connectivity index (χ1) is 9.74. The second-order valence-corrected chi connectivity index (χ2v) is 4.74. The number of hydrogen-bond donors (Lipinski definition) is 1. The first-order valence-electron chi connectivity index (χ1n) is 6.77. The molecule has 0 saturated carbocycles. The predicted octanol–water partition coefficient (Wildman–Crippen LogP) is 0.461. The number of guanidine groups is 1. The number of nitrogens with zero attached hydrogens (tertiary/aromatic N) is 4. The first-order valence-corrected chi connectivity index (χ1v) is 6.77. The second-order valence-electron chi connectivity index (χ2n) is 4.74. The molecular weight excluding hydrogens is 385 g/mol. The van der Waals surface area contributed by atoms with Crippen LogP contribution < -0.4 is 5.32 Å². The lowest BCUT2D eigenvalue weighted by molar-refractivity contribution is -0.0447. The molecule has 7 nitrogen and oxygen atoms in total. The minimum atomic E-state index is 0. The summed E-state index contributed by atoms with van der Waals surface area (Å²) in [6.45, 7) is 3.63. The summed E-state index contributed by atoms with van der Waals surface area (Å²) >= 11 is 0. The summed E-state index contributed by atoms with van der Waals surface area (Å²) in [6.07, 6.45) is 1.90. The van der Waals surface area contributed by atoms with Crippen LogP contribution in [0, 0.1) is 0 Å². The zero-order valence-electron chi connectivity index (χ0n) is 12.8. The highest BCUT2D eigenvalue weighted by atomic mass is 127. The number of methoxy groups -OCH3 is 1. The van der Waals surface area contributed by atoms with Crippen molar-refractivity contribution in [3.8, 4) is 0 Å². The van der Waals surface area contributed by atoms with Crippen LogP contribution in [0.1, 0.15) is 5.69 Å². The van der Waals surface area contributed by atoms with E-state index >= 15 is 0 Å². The molecule has 1 saturated heterocycles. The van der Waals surface area contributed by atoms with E-state index in [1.54, 1.807) is 20.4 Å². The van der Waals surface area contributed by atoms with Gasteiger partial charge in [0.05, 0.1) is 31.6 Å². The average Bonchev–Trinajstić information content (AvgIpc) is 2.86. The van der Waals surface area contributed by atoms with E-state index in [0.717, 1.165) is 24.7 Å². The zero-order valence-corrected chi connectivity index (χ0v) is 15.1. The number of hydrogen-bond acceptors (Lipinski definition) is 4. The lowest BCUT2D eigenvalue weighted by Crippen LogP contribution is -2.51. The molecule has 1 aliphatic heterocycles. The molecule has 1 aliphatic rings. The molecule has 0 aromatic carbocycles. The van der Waals surface area contributed by atoms with Crippen molar-refractivity contribution in [1.29, 1.82) is 0 Å². The molecule has 1 aromatic rings. The Hall–Kier alpha value is -0.870. The monoisotopic (exact) mass is 409 g/mol. The van der Waals surface area contributed by atoms with Crippen molar-refractivity contribution in [3.63, 3.8) is 0 Å². The van der Waals surface area contributed by atoms with Crippen molar-refractivity contribution in [2.45, 2.75) is 12.6 Å². The molecule has 1 fully saturated rings. The summed E-state index contributed by atoms with van der Waals surface area (Å²) in [7, 11) is 5.42. The Labute approximate surface area is 142 Å². The largest absolute Gasteiger partial charge is 0.382 e. The van der Waals surface area contributed by atoms with Gasteiger partial charge >= 0.3 is 0 Å². The van der Waals surface area contributed by atoms with Crippen LogP contribution in [0.2, 0.25) is 0 Å². The molecule has 1 N–H and O–H groups in total. The fourth-order valence-electron chi connectivity index (χ4n) is 2.28. The Bertz CT molecular complexity index is 450. The van der Waals surface area contributed by atoms with E-state index in [-0.39, 0.29) is 30.1 Å². The second kappa shape index (κ2) is 9.21. The van der Waals surface area contributed by atoms with Gasteiger partial charge in [0.1, 0.15) is 0 Å². The lowest BCUT2D eigenvalue weighted by Gasteiger charge is -2.34. The Morgan fingerprint density at radius 2 is 2.43 bits per heavy atom. The van der Waals surface area contributed by atoms with E-state index < -0.39 is 0 Å². The lowest BCUT2D eigenvalue weighted by atomic mass is 10.3. The summed E-state index contributed by atoms with van der Waals surface area (Å²) < 4.78 is 12.7.